The van der Waals surface area contributed by atoms with E-state index >= 15 is 0 Å². The zero-order valence-corrected chi connectivity index (χ0v) is 10.5. The molecule has 5 heteroatoms. The molecule has 0 radical (unpaired) electrons. The van der Waals surface area contributed by atoms with Crippen molar-refractivity contribution in [2.75, 3.05) is 6.61 Å². The molecule has 0 aliphatic carbocycles. The van der Waals surface area contributed by atoms with Gasteiger partial charge in [-0.2, -0.15) is 0 Å². The molecule has 1 fully saturated rings. The lowest BCUT2D eigenvalue weighted by Gasteiger charge is -2.21. The maximum absolute atomic E-state index is 11.7. The van der Waals surface area contributed by atoms with E-state index in [4.69, 9.17) is 21.1 Å². The number of alkyl halides is 1. The van der Waals surface area contributed by atoms with E-state index in [1.54, 1.807) is 20.8 Å². The second-order valence-electron chi connectivity index (χ2n) is 4.80. The quantitative estimate of drug-likeness (QED) is 0.433. The Morgan fingerprint density at radius 2 is 2.06 bits per heavy atom. The molecule has 16 heavy (non-hydrogen) atoms. The van der Waals surface area contributed by atoms with Gasteiger partial charge in [-0.1, -0.05) is 0 Å². The van der Waals surface area contributed by atoms with Crippen LogP contribution in [0.4, 0.5) is 0 Å². The summed E-state index contributed by atoms with van der Waals surface area (Å²) < 4.78 is 10.2. The molecule has 0 saturated carbocycles. The van der Waals surface area contributed by atoms with E-state index in [9.17, 15) is 9.59 Å². The number of ether oxygens (including phenoxy) is 2. The molecule has 1 aliphatic rings. The van der Waals surface area contributed by atoms with E-state index in [1.165, 1.54) is 0 Å². The van der Waals surface area contributed by atoms with Crippen molar-refractivity contribution in [1.82, 2.24) is 0 Å². The molecule has 2 atom stereocenters. The Morgan fingerprint density at radius 3 is 2.50 bits per heavy atom. The second-order valence-corrected chi connectivity index (χ2v) is 5.24. The summed E-state index contributed by atoms with van der Waals surface area (Å²) in [4.78, 5) is 23.2. The fraction of sp³-hybridized carbons (Fsp3) is 0.818. The van der Waals surface area contributed by atoms with Crippen molar-refractivity contribution in [3.8, 4) is 0 Å². The summed E-state index contributed by atoms with van der Waals surface area (Å²) in [6, 6.07) is 0. The molecular formula is C11H17ClO4. The largest absolute Gasteiger partial charge is 0.459 e. The van der Waals surface area contributed by atoms with E-state index in [2.05, 4.69) is 0 Å². The van der Waals surface area contributed by atoms with Gasteiger partial charge in [0.15, 0.2) is 11.2 Å². The average Bonchev–Trinajstić information content (AvgIpc) is 2.65. The number of ketones is 1. The highest BCUT2D eigenvalue weighted by Gasteiger charge is 2.35. The fourth-order valence-corrected chi connectivity index (χ4v) is 1.62. The first-order chi connectivity index (χ1) is 7.31. The predicted molar refractivity (Wildman–Crippen MR) is 59.5 cm³/mol. The smallest absolute Gasteiger partial charge is 0.332 e. The van der Waals surface area contributed by atoms with Crippen LogP contribution >= 0.6 is 11.6 Å². The second kappa shape index (κ2) is 5.15. The number of carbonyl (C=O) groups excluding carboxylic acids is 2. The Morgan fingerprint density at radius 1 is 1.44 bits per heavy atom. The summed E-state index contributed by atoms with van der Waals surface area (Å²) in [5, 5.41) is -1.26. The van der Waals surface area contributed by atoms with E-state index < -0.39 is 28.8 Å². The van der Waals surface area contributed by atoms with Crippen molar-refractivity contribution >= 4 is 23.4 Å². The Balaban J connectivity index is 2.52. The van der Waals surface area contributed by atoms with Gasteiger partial charge in [-0.15, -0.1) is 11.6 Å². The molecule has 0 aromatic carbocycles. The van der Waals surface area contributed by atoms with Crippen molar-refractivity contribution in [3.63, 3.8) is 0 Å². The van der Waals surface area contributed by atoms with Crippen LogP contribution in [0.5, 0.6) is 0 Å². The third kappa shape index (κ3) is 3.76. The van der Waals surface area contributed by atoms with Crippen molar-refractivity contribution in [2.45, 2.75) is 50.7 Å². The number of esters is 1. The van der Waals surface area contributed by atoms with Crippen molar-refractivity contribution < 1.29 is 19.1 Å². The van der Waals surface area contributed by atoms with Crippen LogP contribution in [0.25, 0.3) is 0 Å². The number of carbonyl (C=O) groups is 2. The predicted octanol–water partition coefficient (Wildman–Crippen LogP) is 1.68. The van der Waals surface area contributed by atoms with Crippen LogP contribution in [-0.4, -0.2) is 35.4 Å². The SMILES string of the molecule is CC(C)(C)OC(=O)C(Cl)C(=O)[C@@H]1CCCO1. The van der Waals surface area contributed by atoms with Gasteiger partial charge >= 0.3 is 5.97 Å². The molecule has 0 aromatic rings. The summed E-state index contributed by atoms with van der Waals surface area (Å²) in [6.45, 7) is 5.73. The average molecular weight is 249 g/mol. The van der Waals surface area contributed by atoms with Crippen molar-refractivity contribution in [2.24, 2.45) is 0 Å². The highest BCUT2D eigenvalue weighted by molar-refractivity contribution is 6.41. The van der Waals surface area contributed by atoms with Gasteiger partial charge in [0, 0.05) is 6.61 Å². The molecule has 1 saturated heterocycles. The van der Waals surface area contributed by atoms with Crippen molar-refractivity contribution in [1.29, 1.82) is 0 Å². The zero-order chi connectivity index (χ0) is 12.3. The molecule has 1 aliphatic heterocycles. The number of Topliss-reactive ketones (excluding diaryl/α,β-unsaturated/α-hetero) is 1. The summed E-state index contributed by atoms with van der Waals surface area (Å²) in [7, 11) is 0. The molecular weight excluding hydrogens is 232 g/mol. The van der Waals surface area contributed by atoms with Gasteiger partial charge in [-0.3, -0.25) is 4.79 Å². The molecule has 1 rings (SSSR count). The highest BCUT2D eigenvalue weighted by atomic mass is 35.5. The fourth-order valence-electron chi connectivity index (χ4n) is 1.43. The Bertz CT molecular complexity index is 276. The monoisotopic (exact) mass is 248 g/mol. The van der Waals surface area contributed by atoms with Gasteiger partial charge < -0.3 is 9.47 Å². The zero-order valence-electron chi connectivity index (χ0n) is 9.79. The van der Waals surface area contributed by atoms with Gasteiger partial charge in [0.2, 0.25) is 0 Å². The van der Waals surface area contributed by atoms with Crippen LogP contribution in [0.1, 0.15) is 33.6 Å². The normalized spacial score (nSPS) is 22.9. The van der Waals surface area contributed by atoms with Gasteiger partial charge in [0.1, 0.15) is 11.7 Å². The highest BCUT2D eigenvalue weighted by Crippen LogP contribution is 2.19. The number of halogens is 1. The standard InChI is InChI=1S/C11H17ClO4/c1-11(2,3)16-10(14)8(12)9(13)7-5-4-6-15-7/h7-8H,4-6H2,1-3H3/t7-,8?/m0/s1. The van der Waals surface area contributed by atoms with Crippen LogP contribution in [0.15, 0.2) is 0 Å². The van der Waals surface area contributed by atoms with E-state index in [-0.39, 0.29) is 0 Å². The number of rotatable bonds is 3. The van der Waals surface area contributed by atoms with Crippen LogP contribution in [-0.2, 0) is 19.1 Å². The van der Waals surface area contributed by atoms with E-state index in [0.29, 0.717) is 13.0 Å². The minimum absolute atomic E-state index is 0.395. The summed E-state index contributed by atoms with van der Waals surface area (Å²) in [5.74, 6) is -1.09. The van der Waals surface area contributed by atoms with Gasteiger partial charge in [0.25, 0.3) is 0 Å². The molecule has 0 amide bonds. The molecule has 1 heterocycles. The molecule has 0 spiro atoms. The Hall–Kier alpha value is -0.610. The van der Waals surface area contributed by atoms with Gasteiger partial charge in [0.05, 0.1) is 0 Å². The molecule has 1 unspecified atom stereocenters. The van der Waals surface area contributed by atoms with Crippen LogP contribution in [0.3, 0.4) is 0 Å². The molecule has 4 nitrogen and oxygen atoms in total. The minimum Gasteiger partial charge on any atom is -0.459 e. The summed E-state index contributed by atoms with van der Waals surface area (Å²) >= 11 is 5.76. The van der Waals surface area contributed by atoms with E-state index in [1.807, 2.05) is 0 Å². The van der Waals surface area contributed by atoms with Crippen LogP contribution in [0, 0.1) is 0 Å². The van der Waals surface area contributed by atoms with Gasteiger partial charge in [-0.25, -0.2) is 4.79 Å². The first-order valence-corrected chi connectivity index (χ1v) is 5.77. The molecule has 0 N–H and O–H groups in total. The van der Waals surface area contributed by atoms with Crippen LogP contribution in [0.2, 0.25) is 0 Å². The molecule has 0 aromatic heterocycles. The minimum atomic E-state index is -1.26. The summed E-state index contributed by atoms with van der Waals surface area (Å²) in [6.07, 6.45) is 0.911. The number of hydrogen-bond acceptors (Lipinski definition) is 4. The molecule has 92 valence electrons. The molecule has 0 bridgehead atoms. The summed E-state index contributed by atoms with van der Waals surface area (Å²) in [5.41, 5.74) is -0.638. The maximum atomic E-state index is 11.7. The number of hydrogen-bond donors (Lipinski definition) is 0. The first kappa shape index (κ1) is 13.5. The Kier molecular flexibility index (Phi) is 4.33. The lowest BCUT2D eigenvalue weighted by atomic mass is 10.1. The first-order valence-electron chi connectivity index (χ1n) is 5.33. The maximum Gasteiger partial charge on any atom is 0.332 e. The topological polar surface area (TPSA) is 52.6 Å². The lowest BCUT2D eigenvalue weighted by molar-refractivity contribution is -0.156. The van der Waals surface area contributed by atoms with Crippen LogP contribution < -0.4 is 0 Å². The third-order valence-electron chi connectivity index (χ3n) is 2.11. The third-order valence-corrected chi connectivity index (χ3v) is 2.50. The Labute approximate surface area is 100 Å². The van der Waals surface area contributed by atoms with Gasteiger partial charge in [-0.05, 0) is 33.6 Å². The lowest BCUT2D eigenvalue weighted by Crippen LogP contribution is -2.38. The van der Waals surface area contributed by atoms with Crippen molar-refractivity contribution in [3.05, 3.63) is 0 Å². The van der Waals surface area contributed by atoms with E-state index in [0.717, 1.165) is 6.42 Å².